The molecule has 0 aliphatic carbocycles. The SMILES string of the molecule is CN[SH]1(=O)CCN(c2ncc(C(=N)c3cc(O[C@H](N)c4c(Cl)cncc4Cl)ccc3N)cn2)CC1. The minimum Gasteiger partial charge on any atom is -0.471 e. The van der Waals surface area contributed by atoms with Gasteiger partial charge in [-0.15, -0.1) is 0 Å². The Morgan fingerprint density at radius 1 is 1.17 bits per heavy atom. The van der Waals surface area contributed by atoms with Crippen molar-refractivity contribution in [3.63, 3.8) is 0 Å². The molecule has 1 fully saturated rings. The van der Waals surface area contributed by atoms with Crippen LogP contribution in [0.15, 0.2) is 43.0 Å². The van der Waals surface area contributed by atoms with E-state index in [4.69, 9.17) is 44.8 Å². The molecule has 0 unspecified atom stereocenters. The number of benzene rings is 1. The lowest BCUT2D eigenvalue weighted by atomic mass is 10.0. The smallest absolute Gasteiger partial charge is 0.225 e. The minimum absolute atomic E-state index is 0.131. The lowest BCUT2D eigenvalue weighted by molar-refractivity contribution is 0.214. The van der Waals surface area contributed by atoms with Crippen LogP contribution >= 0.6 is 23.2 Å². The molecule has 0 radical (unpaired) electrons. The Labute approximate surface area is 214 Å². The summed E-state index contributed by atoms with van der Waals surface area (Å²) in [5, 5.41) is 9.23. The number of nitrogen functional groups attached to an aromatic ring is 1. The van der Waals surface area contributed by atoms with Crippen molar-refractivity contribution in [2.24, 2.45) is 5.73 Å². The number of nitrogens with zero attached hydrogens (tertiary/aromatic N) is 4. The summed E-state index contributed by atoms with van der Waals surface area (Å²) >= 11 is 12.3. The average Bonchev–Trinajstić information content (AvgIpc) is 2.85. The largest absolute Gasteiger partial charge is 0.471 e. The highest BCUT2D eigenvalue weighted by Gasteiger charge is 2.24. The second kappa shape index (κ2) is 10.4. The fourth-order valence-corrected chi connectivity index (χ4v) is 6.08. The Hall–Kier alpha value is -2.83. The molecule has 6 N–H and O–H groups in total. The van der Waals surface area contributed by atoms with Crippen LogP contribution in [-0.4, -0.2) is 56.5 Å². The van der Waals surface area contributed by atoms with Crippen LogP contribution < -0.4 is 25.8 Å². The third-order valence-corrected chi connectivity index (χ3v) is 9.07. The highest BCUT2D eigenvalue weighted by Crippen LogP contribution is 2.31. The first-order chi connectivity index (χ1) is 16.7. The van der Waals surface area contributed by atoms with E-state index in [1.807, 2.05) is 4.90 Å². The normalized spacial score (nSPS) is 17.0. The van der Waals surface area contributed by atoms with Gasteiger partial charge in [-0.2, -0.15) is 0 Å². The molecule has 35 heavy (non-hydrogen) atoms. The molecule has 13 heteroatoms. The van der Waals surface area contributed by atoms with Crippen LogP contribution in [0.2, 0.25) is 10.0 Å². The van der Waals surface area contributed by atoms with Crippen molar-refractivity contribution in [2.75, 3.05) is 42.3 Å². The number of pyridine rings is 1. The monoisotopic (exact) mass is 536 g/mol. The van der Waals surface area contributed by atoms with Crippen molar-refractivity contribution in [3.8, 4) is 5.75 Å². The molecule has 1 aliphatic rings. The standard InChI is InChI=1S/C22H26Cl2N8O2S/c1-28-35(33)6-4-32(5-7-35)22-30-9-13(10-31-22)20(26)15-8-14(2-3-18(15)25)34-21(27)19-16(23)11-29-12-17(19)24/h2-3,8-12,21,26,35H,4-7,25,27H2,1H3,(H,28,33)/t21-/m0/s1. The van der Waals surface area contributed by atoms with Crippen LogP contribution in [0.25, 0.3) is 0 Å². The fourth-order valence-electron chi connectivity index (χ4n) is 3.70. The van der Waals surface area contributed by atoms with Crippen LogP contribution in [0.4, 0.5) is 11.6 Å². The summed E-state index contributed by atoms with van der Waals surface area (Å²) in [6.07, 6.45) is 5.07. The highest BCUT2D eigenvalue weighted by molar-refractivity contribution is 8.01. The molecule has 1 aromatic carbocycles. The van der Waals surface area contributed by atoms with Crippen molar-refractivity contribution in [1.82, 2.24) is 19.7 Å². The van der Waals surface area contributed by atoms with Crippen molar-refractivity contribution >= 4 is 50.7 Å². The zero-order valence-corrected chi connectivity index (χ0v) is 21.3. The van der Waals surface area contributed by atoms with Crippen LogP contribution in [0.5, 0.6) is 5.75 Å². The van der Waals surface area contributed by atoms with E-state index in [9.17, 15) is 4.21 Å². The molecule has 0 saturated carbocycles. The van der Waals surface area contributed by atoms with Crippen LogP contribution in [-0.2, 0) is 10.1 Å². The number of nitrogens with two attached hydrogens (primary N) is 2. The van der Waals surface area contributed by atoms with Crippen molar-refractivity contribution in [3.05, 3.63) is 69.7 Å². The van der Waals surface area contributed by atoms with Gasteiger partial charge >= 0.3 is 0 Å². The van der Waals surface area contributed by atoms with Crippen LogP contribution in [0.3, 0.4) is 0 Å². The van der Waals surface area contributed by atoms with E-state index in [1.54, 1.807) is 37.6 Å². The third-order valence-electron chi connectivity index (χ3n) is 5.81. The second-order valence-corrected chi connectivity index (χ2v) is 11.9. The number of halogens is 2. The number of hydrogen-bond acceptors (Lipinski definition) is 9. The fraction of sp³-hybridized carbons (Fsp3) is 0.273. The van der Waals surface area contributed by atoms with Gasteiger partial charge in [-0.1, -0.05) is 33.3 Å². The number of thiol groups is 1. The van der Waals surface area contributed by atoms with Gasteiger partial charge in [-0.25, -0.2) is 9.97 Å². The third kappa shape index (κ3) is 5.54. The molecule has 1 atom stereocenters. The molecule has 2 aromatic heterocycles. The van der Waals surface area contributed by atoms with Crippen LogP contribution in [0.1, 0.15) is 22.9 Å². The summed E-state index contributed by atoms with van der Waals surface area (Å²) in [6.45, 7) is 1.21. The van der Waals surface area contributed by atoms with E-state index in [0.29, 0.717) is 58.7 Å². The molecule has 3 aromatic rings. The zero-order chi connectivity index (χ0) is 25.2. The molecule has 4 rings (SSSR count). The van der Waals surface area contributed by atoms with Crippen molar-refractivity contribution < 1.29 is 8.95 Å². The van der Waals surface area contributed by atoms with Crippen molar-refractivity contribution in [2.45, 2.75) is 6.23 Å². The number of anilines is 2. The molecule has 0 bridgehead atoms. The zero-order valence-electron chi connectivity index (χ0n) is 18.9. The summed E-state index contributed by atoms with van der Waals surface area (Å²) in [6, 6.07) is 4.90. The maximum Gasteiger partial charge on any atom is 0.225 e. The summed E-state index contributed by atoms with van der Waals surface area (Å²) in [4.78, 5) is 14.7. The van der Waals surface area contributed by atoms with Gasteiger partial charge in [0.15, 0.2) is 6.23 Å². The van der Waals surface area contributed by atoms with Crippen molar-refractivity contribution in [1.29, 1.82) is 5.41 Å². The number of hydrogen-bond donors (Lipinski definition) is 5. The maximum absolute atomic E-state index is 12.5. The molecule has 186 valence electrons. The Kier molecular flexibility index (Phi) is 7.53. The number of aromatic nitrogens is 3. The molecule has 1 saturated heterocycles. The maximum atomic E-state index is 12.5. The Balaban J connectivity index is 1.50. The summed E-state index contributed by atoms with van der Waals surface area (Å²) in [5.74, 6) is 2.04. The summed E-state index contributed by atoms with van der Waals surface area (Å²) < 4.78 is 21.2. The van der Waals surface area contributed by atoms with E-state index in [-0.39, 0.29) is 15.8 Å². The number of ether oxygens (including phenoxy) is 1. The Bertz CT molecular complexity index is 1260. The van der Waals surface area contributed by atoms with Gasteiger partial charge in [-0.3, -0.25) is 25.1 Å². The lowest BCUT2D eigenvalue weighted by Gasteiger charge is -2.35. The quantitative estimate of drug-likeness (QED) is 0.133. The van der Waals surface area contributed by atoms with Gasteiger partial charge in [0.2, 0.25) is 5.95 Å². The first-order valence-electron chi connectivity index (χ1n) is 10.7. The van der Waals surface area contributed by atoms with Gasteiger partial charge in [0.25, 0.3) is 0 Å². The molecule has 0 amide bonds. The molecule has 1 aliphatic heterocycles. The molecule has 3 heterocycles. The molecule has 0 spiro atoms. The summed E-state index contributed by atoms with van der Waals surface area (Å²) in [5.41, 5.74) is 14.2. The van der Waals surface area contributed by atoms with E-state index in [0.717, 1.165) is 0 Å². The van der Waals surface area contributed by atoms with Gasteiger partial charge < -0.3 is 15.4 Å². The van der Waals surface area contributed by atoms with Gasteiger partial charge in [-0.05, 0) is 25.2 Å². The first-order valence-corrected chi connectivity index (χ1v) is 13.6. The predicted molar refractivity (Wildman–Crippen MR) is 141 cm³/mol. The van der Waals surface area contributed by atoms with E-state index < -0.39 is 16.3 Å². The first kappa shape index (κ1) is 25.3. The van der Waals surface area contributed by atoms with Gasteiger partial charge in [0, 0.05) is 71.8 Å². The van der Waals surface area contributed by atoms with E-state index in [1.165, 1.54) is 12.4 Å². The Morgan fingerprint density at radius 2 is 1.80 bits per heavy atom. The molecule has 10 nitrogen and oxygen atoms in total. The van der Waals surface area contributed by atoms with Gasteiger partial charge in [0.1, 0.15) is 5.75 Å². The number of rotatable bonds is 7. The average molecular weight is 537 g/mol. The molecular weight excluding hydrogens is 511 g/mol. The van der Waals surface area contributed by atoms with Crippen LogP contribution in [0, 0.1) is 5.41 Å². The second-order valence-electron chi connectivity index (χ2n) is 8.00. The lowest BCUT2D eigenvalue weighted by Crippen LogP contribution is -2.49. The predicted octanol–water partition coefficient (Wildman–Crippen LogP) is 2.18. The molecular formula is C22H26Cl2N8O2S. The Morgan fingerprint density at radius 3 is 2.40 bits per heavy atom. The number of nitrogens with one attached hydrogen (secondary N) is 2. The summed E-state index contributed by atoms with van der Waals surface area (Å²) in [7, 11) is -0.565. The van der Waals surface area contributed by atoms with E-state index >= 15 is 0 Å². The van der Waals surface area contributed by atoms with Gasteiger partial charge in [0.05, 0.1) is 15.8 Å². The minimum atomic E-state index is -2.30. The highest BCUT2D eigenvalue weighted by atomic mass is 35.5. The topological polar surface area (TPSA) is 156 Å². The van der Waals surface area contributed by atoms with E-state index in [2.05, 4.69) is 19.7 Å².